The fourth-order valence-corrected chi connectivity index (χ4v) is 18.5. The maximum atomic E-state index is 7.60. The molecular formula is C50H56B2O6Si2. The summed E-state index contributed by atoms with van der Waals surface area (Å²) in [6.07, 6.45) is -2.12. The predicted octanol–water partition coefficient (Wildman–Crippen LogP) is 6.50. The Hall–Kier alpha value is -4.36. The van der Waals surface area contributed by atoms with Crippen LogP contribution in [-0.2, 0) is 27.5 Å². The molecule has 2 aliphatic heterocycles. The summed E-state index contributed by atoms with van der Waals surface area (Å²) in [5.74, 6) is 0. The summed E-state index contributed by atoms with van der Waals surface area (Å²) in [7, 11) is -7.27. The van der Waals surface area contributed by atoms with Crippen LogP contribution >= 0.6 is 0 Å². The molecule has 0 bridgehead atoms. The van der Waals surface area contributed by atoms with Gasteiger partial charge in [-0.25, -0.2) is 0 Å². The number of rotatable bonds is 12. The highest BCUT2D eigenvalue weighted by molar-refractivity contribution is 7.00. The topological polar surface area (TPSA) is 55.4 Å². The first-order valence-corrected chi connectivity index (χ1v) is 25.0. The van der Waals surface area contributed by atoms with E-state index in [9.17, 15) is 0 Å². The van der Waals surface area contributed by atoms with Crippen LogP contribution in [0.2, 0.25) is 10.1 Å². The third kappa shape index (κ3) is 8.32. The monoisotopic (exact) mass is 830 g/mol. The smallest absolute Gasteiger partial charge is 0.405 e. The van der Waals surface area contributed by atoms with Crippen LogP contribution in [0.15, 0.2) is 182 Å². The molecule has 0 saturated carbocycles. The second kappa shape index (κ2) is 17.9. The molecule has 306 valence electrons. The van der Waals surface area contributed by atoms with Crippen LogP contribution < -0.4 is 31.7 Å². The molecule has 2 heterocycles. The van der Waals surface area contributed by atoms with E-state index in [1.54, 1.807) is 0 Å². The first-order valence-electron chi connectivity index (χ1n) is 21.2. The lowest BCUT2D eigenvalue weighted by Crippen LogP contribution is -2.72. The van der Waals surface area contributed by atoms with Crippen LogP contribution in [0.4, 0.5) is 0 Å². The van der Waals surface area contributed by atoms with Crippen LogP contribution in [0.5, 0.6) is 0 Å². The van der Waals surface area contributed by atoms with Gasteiger partial charge in [0.25, 0.3) is 16.6 Å². The molecule has 6 aromatic rings. The minimum Gasteiger partial charge on any atom is -0.405 e. The number of fused-ring (bicyclic) bond motifs is 1. The van der Waals surface area contributed by atoms with Gasteiger partial charge in [-0.3, -0.25) is 0 Å². The summed E-state index contributed by atoms with van der Waals surface area (Å²) in [6, 6.07) is 63.3. The van der Waals surface area contributed by atoms with E-state index in [1.807, 2.05) is 36.4 Å². The van der Waals surface area contributed by atoms with Gasteiger partial charge in [-0.15, -0.1) is 0 Å². The molecular weight excluding hydrogens is 774 g/mol. The zero-order valence-corrected chi connectivity index (χ0v) is 37.6. The highest BCUT2D eigenvalue weighted by Crippen LogP contribution is 2.40. The Balaban J connectivity index is 1.22. The first-order chi connectivity index (χ1) is 29.0. The number of hydrogen-bond acceptors (Lipinski definition) is 6. The van der Waals surface area contributed by atoms with E-state index in [2.05, 4.69) is 187 Å². The molecule has 2 aliphatic rings. The number of hydrogen-bond donors (Lipinski definition) is 0. The van der Waals surface area contributed by atoms with Gasteiger partial charge in [0, 0.05) is 0 Å². The van der Waals surface area contributed by atoms with Crippen LogP contribution in [-0.4, -0.2) is 68.5 Å². The second-order valence-electron chi connectivity index (χ2n) is 18.0. The molecule has 60 heavy (non-hydrogen) atoms. The summed E-state index contributed by atoms with van der Waals surface area (Å²) in [4.78, 5) is 0. The second-order valence-corrected chi connectivity index (χ2v) is 26.6. The van der Waals surface area contributed by atoms with Gasteiger partial charge in [-0.1, -0.05) is 224 Å². The quantitative estimate of drug-likeness (QED) is 0.132. The van der Waals surface area contributed by atoms with Gasteiger partial charge in [-0.2, -0.15) is 0 Å². The summed E-state index contributed by atoms with van der Waals surface area (Å²) in [6.45, 7) is 14.4. The Kier molecular flexibility index (Phi) is 12.7. The molecule has 0 amide bonds. The molecule has 0 N–H and O–H groups in total. The maximum absolute atomic E-state index is 7.60. The van der Waals surface area contributed by atoms with Crippen molar-refractivity contribution in [1.82, 2.24) is 0 Å². The molecule has 6 nitrogen and oxygen atoms in total. The van der Waals surface area contributed by atoms with Crippen molar-refractivity contribution in [2.24, 2.45) is 0 Å². The third-order valence-electron chi connectivity index (χ3n) is 12.1. The normalized spacial score (nSPS) is 20.1. The van der Waals surface area contributed by atoms with Crippen LogP contribution in [0, 0.1) is 0 Å². The summed E-state index contributed by atoms with van der Waals surface area (Å²) in [5, 5.41) is 4.37. The van der Waals surface area contributed by atoms with Crippen LogP contribution in [0.1, 0.15) is 41.5 Å². The van der Waals surface area contributed by atoms with Gasteiger partial charge >= 0.3 is 14.2 Å². The summed E-state index contributed by atoms with van der Waals surface area (Å²) in [5.41, 5.74) is 1.84. The molecule has 2 saturated heterocycles. The van der Waals surface area contributed by atoms with E-state index in [-0.39, 0.29) is 23.3 Å². The molecule has 0 aliphatic carbocycles. The fraction of sp³-hybridized carbons (Fsp3) is 0.280. The predicted molar refractivity (Wildman–Crippen MR) is 250 cm³/mol. The average molecular weight is 831 g/mol. The van der Waals surface area contributed by atoms with Crippen molar-refractivity contribution in [2.45, 2.75) is 76.0 Å². The van der Waals surface area contributed by atoms with Crippen molar-refractivity contribution in [1.29, 1.82) is 0 Å². The standard InChI is InChI=1S/C50H56B2O6Si2/c1-49(2,3)59(41-29-17-9-18-30-41,42-31-19-10-20-32-42)53-37-45-47-48(58-51(55-45)39-25-13-7-14-26-39)46(56-52(57-47)40-27-15-8-16-28-40)38-54-60(50(4,5)6,43-33-21-11-22-34-43)44-35-23-12-24-36-44/h7-36,45-48H,37-38H2,1-6H3/t45-,46-,47-,48-/m1/s1. The van der Waals surface area contributed by atoms with Crippen molar-refractivity contribution in [3.63, 3.8) is 0 Å². The fourth-order valence-electron chi connectivity index (χ4n) is 9.32. The number of benzene rings is 6. The van der Waals surface area contributed by atoms with E-state index in [4.69, 9.17) is 27.5 Å². The van der Waals surface area contributed by atoms with Gasteiger partial charge in [0.15, 0.2) is 0 Å². The minimum atomic E-state index is -2.95. The molecule has 8 rings (SSSR count). The highest BCUT2D eigenvalue weighted by atomic mass is 28.4. The Bertz CT molecular complexity index is 2000. The Morgan fingerprint density at radius 2 is 0.633 bits per heavy atom. The largest absolute Gasteiger partial charge is 0.494 e. The maximum Gasteiger partial charge on any atom is 0.494 e. The Morgan fingerprint density at radius 3 is 0.883 bits per heavy atom. The molecule has 0 radical (unpaired) electrons. The molecule has 6 aromatic carbocycles. The summed E-state index contributed by atoms with van der Waals surface area (Å²) >= 11 is 0. The molecule has 2 fully saturated rings. The lowest BCUT2D eigenvalue weighted by molar-refractivity contribution is -0.164. The van der Waals surface area contributed by atoms with Gasteiger partial charge in [0.2, 0.25) is 0 Å². The highest BCUT2D eigenvalue weighted by Gasteiger charge is 2.57. The first kappa shape index (κ1) is 42.3. The van der Waals surface area contributed by atoms with Gasteiger partial charge < -0.3 is 27.5 Å². The lowest BCUT2D eigenvalue weighted by atomic mass is 9.72. The van der Waals surface area contributed by atoms with Crippen molar-refractivity contribution >= 4 is 62.5 Å². The minimum absolute atomic E-state index is 0.228. The zero-order chi connectivity index (χ0) is 41.8. The Labute approximate surface area is 359 Å². The SMILES string of the molecule is CC(C)(C)[Si](OC[C@H]1OB(c2ccccc2)O[C@H]2[C@@H]1OB(c1ccccc1)O[C@@H]2CO[Si](c1ccccc1)(c1ccccc1)C(C)(C)C)(c1ccccc1)c1ccccc1. The molecule has 10 heteroatoms. The third-order valence-corrected chi connectivity index (χ3v) is 22.1. The zero-order valence-electron chi connectivity index (χ0n) is 35.6. The van der Waals surface area contributed by atoms with E-state index in [0.29, 0.717) is 0 Å². The molecule has 0 unspecified atom stereocenters. The van der Waals surface area contributed by atoms with Crippen molar-refractivity contribution in [2.75, 3.05) is 13.2 Å². The van der Waals surface area contributed by atoms with Gasteiger partial charge in [0.05, 0.1) is 37.6 Å². The van der Waals surface area contributed by atoms with Gasteiger partial charge in [0.1, 0.15) is 0 Å². The van der Waals surface area contributed by atoms with E-state index in [0.717, 1.165) is 10.9 Å². The van der Waals surface area contributed by atoms with Crippen LogP contribution in [0.25, 0.3) is 0 Å². The van der Waals surface area contributed by atoms with Crippen LogP contribution in [0.3, 0.4) is 0 Å². The molecule has 0 aromatic heterocycles. The molecule has 4 atom stereocenters. The van der Waals surface area contributed by atoms with E-state index in [1.165, 1.54) is 20.7 Å². The van der Waals surface area contributed by atoms with Crippen molar-refractivity contribution in [3.8, 4) is 0 Å². The lowest BCUT2D eigenvalue weighted by Gasteiger charge is -2.51. The average Bonchev–Trinajstić information content (AvgIpc) is 3.28. The van der Waals surface area contributed by atoms with E-state index >= 15 is 0 Å². The van der Waals surface area contributed by atoms with E-state index < -0.39 is 55.3 Å². The summed E-state index contributed by atoms with van der Waals surface area (Å²) < 4.78 is 43.4. The van der Waals surface area contributed by atoms with Gasteiger partial charge in [-0.05, 0) is 41.7 Å². The molecule has 0 spiro atoms. The van der Waals surface area contributed by atoms with Crippen molar-refractivity contribution < 1.29 is 27.5 Å². The Morgan fingerprint density at radius 1 is 0.383 bits per heavy atom. The van der Waals surface area contributed by atoms with Crippen molar-refractivity contribution in [3.05, 3.63) is 182 Å².